The van der Waals surface area contributed by atoms with Crippen molar-refractivity contribution in [3.63, 3.8) is 0 Å². The second-order valence-corrected chi connectivity index (χ2v) is 4.36. The highest BCUT2D eigenvalue weighted by Crippen LogP contribution is 2.28. The lowest BCUT2D eigenvalue weighted by Gasteiger charge is -2.30. The monoisotopic (exact) mass is 231 g/mol. The van der Waals surface area contributed by atoms with E-state index in [4.69, 9.17) is 5.26 Å². The molecule has 0 fully saturated rings. The molecule has 0 radical (unpaired) electrons. The molecule has 82 valence electrons. The minimum atomic E-state index is 0.787. The normalized spacial score (nSPS) is 15.5. The maximum Gasteiger partial charge on any atom is 0.208 e. The molecule has 0 saturated heterocycles. The summed E-state index contributed by atoms with van der Waals surface area (Å²) in [6, 6.07) is 8.33. The van der Waals surface area contributed by atoms with Crippen LogP contribution in [0.3, 0.4) is 0 Å². The molecule has 0 bridgehead atoms. The number of hydrogen-bond acceptors (Lipinski definition) is 3. The highest BCUT2D eigenvalue weighted by atomic mass is 32.2. The molecule has 2 rings (SSSR count). The van der Waals surface area contributed by atoms with E-state index in [-0.39, 0.29) is 0 Å². The average Bonchev–Trinajstić information content (AvgIpc) is 2.35. The molecule has 0 N–H and O–H groups in total. The average molecular weight is 231 g/mol. The lowest BCUT2D eigenvalue weighted by atomic mass is 10.0. The van der Waals surface area contributed by atoms with E-state index in [1.807, 2.05) is 18.5 Å². The van der Waals surface area contributed by atoms with Crippen molar-refractivity contribution in [1.82, 2.24) is 0 Å². The van der Waals surface area contributed by atoms with Gasteiger partial charge in [-0.25, -0.2) is 0 Å². The molecule has 4 heteroatoms. The van der Waals surface area contributed by atoms with Crippen LogP contribution in [0.2, 0.25) is 0 Å². The quantitative estimate of drug-likeness (QED) is 0.391. The molecule has 1 aliphatic heterocycles. The van der Waals surface area contributed by atoms with E-state index in [0.29, 0.717) is 0 Å². The van der Waals surface area contributed by atoms with Crippen LogP contribution in [0.5, 0.6) is 0 Å². The molecular formula is C12H13N3S. The summed E-state index contributed by atoms with van der Waals surface area (Å²) in [5.41, 5.74) is 2.53. The summed E-state index contributed by atoms with van der Waals surface area (Å²) >= 11 is 1.52. The van der Waals surface area contributed by atoms with Crippen molar-refractivity contribution >= 4 is 22.6 Å². The summed E-state index contributed by atoms with van der Waals surface area (Å²) in [6.45, 7) is 0.943. The van der Waals surface area contributed by atoms with Crippen LogP contribution in [0, 0.1) is 11.5 Å². The van der Waals surface area contributed by atoms with Gasteiger partial charge in [0.15, 0.2) is 5.17 Å². The molecule has 3 nitrogen and oxygen atoms in total. The number of aryl methyl sites for hydroxylation is 1. The second-order valence-electron chi connectivity index (χ2n) is 3.58. The molecule has 1 aromatic carbocycles. The first-order valence-electron chi connectivity index (χ1n) is 5.23. The van der Waals surface area contributed by atoms with Gasteiger partial charge in [-0.2, -0.15) is 5.26 Å². The number of benzene rings is 1. The summed E-state index contributed by atoms with van der Waals surface area (Å²) in [6.07, 6.45) is 6.05. The summed E-state index contributed by atoms with van der Waals surface area (Å²) in [7, 11) is 0. The summed E-state index contributed by atoms with van der Waals surface area (Å²) in [5.74, 6) is 0. The van der Waals surface area contributed by atoms with E-state index in [2.05, 4.69) is 28.1 Å². The van der Waals surface area contributed by atoms with E-state index in [1.54, 1.807) is 0 Å². The zero-order valence-corrected chi connectivity index (χ0v) is 10.00. The molecule has 1 aromatic rings. The third-order valence-corrected chi connectivity index (χ3v) is 3.35. The minimum Gasteiger partial charge on any atom is -0.320 e. The molecule has 1 aliphatic rings. The number of nitriles is 1. The number of anilines is 1. The molecule has 0 spiro atoms. The van der Waals surface area contributed by atoms with Gasteiger partial charge in [0.2, 0.25) is 6.19 Å². The van der Waals surface area contributed by atoms with Gasteiger partial charge in [0.05, 0.1) is 0 Å². The van der Waals surface area contributed by atoms with E-state index in [0.717, 1.165) is 24.6 Å². The Morgan fingerprint density at radius 2 is 2.31 bits per heavy atom. The van der Waals surface area contributed by atoms with Crippen LogP contribution in [-0.4, -0.2) is 18.0 Å². The van der Waals surface area contributed by atoms with Gasteiger partial charge in [-0.15, -0.1) is 4.99 Å². The first kappa shape index (κ1) is 11.0. The molecule has 0 aromatic heterocycles. The molecule has 0 atom stereocenters. The van der Waals surface area contributed by atoms with Crippen molar-refractivity contribution in [2.45, 2.75) is 12.8 Å². The van der Waals surface area contributed by atoms with Crippen LogP contribution < -0.4 is 4.90 Å². The number of nitrogens with zero attached hydrogens (tertiary/aromatic N) is 3. The molecule has 0 amide bonds. The molecular weight excluding hydrogens is 218 g/mol. The van der Waals surface area contributed by atoms with Gasteiger partial charge in [0.25, 0.3) is 0 Å². The van der Waals surface area contributed by atoms with Gasteiger partial charge in [0.1, 0.15) is 0 Å². The lowest BCUT2D eigenvalue weighted by Crippen LogP contribution is -2.33. The number of para-hydroxylation sites is 1. The predicted octanol–water partition coefficient (Wildman–Crippen LogP) is 2.64. The number of hydrogen-bond donors (Lipinski definition) is 0. The second kappa shape index (κ2) is 5.04. The van der Waals surface area contributed by atoms with Crippen LogP contribution in [0.25, 0.3) is 0 Å². The maximum atomic E-state index is 8.67. The summed E-state index contributed by atoms with van der Waals surface area (Å²) in [5, 5.41) is 9.46. The molecule has 1 heterocycles. The van der Waals surface area contributed by atoms with E-state index < -0.39 is 0 Å². The van der Waals surface area contributed by atoms with Crippen LogP contribution in [0.15, 0.2) is 29.3 Å². The zero-order valence-electron chi connectivity index (χ0n) is 9.18. The van der Waals surface area contributed by atoms with E-state index >= 15 is 0 Å². The number of fused-ring (bicyclic) bond motifs is 1. The Kier molecular flexibility index (Phi) is 3.47. The number of amidine groups is 1. The Labute approximate surface area is 99.8 Å². The Hall–Kier alpha value is -1.47. The first-order valence-corrected chi connectivity index (χ1v) is 6.45. The zero-order chi connectivity index (χ0) is 11.4. The SMILES string of the molecule is CSC(=NC#N)N1CCCc2ccccc21. The smallest absolute Gasteiger partial charge is 0.208 e. The largest absolute Gasteiger partial charge is 0.320 e. The minimum absolute atomic E-state index is 0.787. The first-order chi connectivity index (χ1) is 7.86. The van der Waals surface area contributed by atoms with E-state index in [9.17, 15) is 0 Å². The third kappa shape index (κ3) is 2.05. The third-order valence-electron chi connectivity index (χ3n) is 2.67. The Morgan fingerprint density at radius 3 is 3.06 bits per heavy atom. The van der Waals surface area contributed by atoms with Crippen molar-refractivity contribution in [2.24, 2.45) is 4.99 Å². The van der Waals surface area contributed by atoms with Gasteiger partial charge in [0, 0.05) is 12.2 Å². The molecule has 0 aliphatic carbocycles. The van der Waals surface area contributed by atoms with Crippen LogP contribution in [0.4, 0.5) is 5.69 Å². The van der Waals surface area contributed by atoms with Crippen molar-refractivity contribution in [1.29, 1.82) is 5.26 Å². The van der Waals surface area contributed by atoms with E-state index in [1.165, 1.54) is 23.0 Å². The number of rotatable bonds is 0. The highest BCUT2D eigenvalue weighted by molar-refractivity contribution is 8.13. The molecule has 0 unspecified atom stereocenters. The Balaban J connectivity index is 2.39. The van der Waals surface area contributed by atoms with Crippen molar-refractivity contribution < 1.29 is 0 Å². The molecule has 16 heavy (non-hydrogen) atoms. The van der Waals surface area contributed by atoms with Gasteiger partial charge in [-0.1, -0.05) is 30.0 Å². The van der Waals surface area contributed by atoms with Crippen LogP contribution >= 0.6 is 11.8 Å². The number of aliphatic imine (C=N–C) groups is 1. The van der Waals surface area contributed by atoms with Crippen LogP contribution in [-0.2, 0) is 6.42 Å². The fourth-order valence-corrected chi connectivity index (χ4v) is 2.53. The highest BCUT2D eigenvalue weighted by Gasteiger charge is 2.19. The maximum absolute atomic E-state index is 8.67. The number of thioether (sulfide) groups is 1. The fourth-order valence-electron chi connectivity index (χ4n) is 1.99. The Morgan fingerprint density at radius 1 is 1.50 bits per heavy atom. The van der Waals surface area contributed by atoms with Gasteiger partial charge in [-0.05, 0) is 30.7 Å². The lowest BCUT2D eigenvalue weighted by molar-refractivity contribution is 0.781. The van der Waals surface area contributed by atoms with Crippen molar-refractivity contribution in [2.75, 3.05) is 17.7 Å². The van der Waals surface area contributed by atoms with Crippen molar-refractivity contribution in [3.8, 4) is 6.19 Å². The fraction of sp³-hybridized carbons (Fsp3) is 0.333. The van der Waals surface area contributed by atoms with Crippen LogP contribution in [0.1, 0.15) is 12.0 Å². The summed E-state index contributed by atoms with van der Waals surface area (Å²) in [4.78, 5) is 6.01. The van der Waals surface area contributed by atoms with Crippen molar-refractivity contribution in [3.05, 3.63) is 29.8 Å². The molecule has 0 saturated carbocycles. The summed E-state index contributed by atoms with van der Waals surface area (Å²) < 4.78 is 0. The Bertz CT molecular complexity index is 448. The van der Waals surface area contributed by atoms with Gasteiger partial charge >= 0.3 is 0 Å². The topological polar surface area (TPSA) is 39.4 Å². The van der Waals surface area contributed by atoms with Gasteiger partial charge in [-0.3, -0.25) is 0 Å². The van der Waals surface area contributed by atoms with Gasteiger partial charge < -0.3 is 4.90 Å². The predicted molar refractivity (Wildman–Crippen MR) is 68.7 cm³/mol. The standard InChI is InChI=1S/C12H13N3S/c1-16-12(14-9-13)15-8-4-6-10-5-2-3-7-11(10)15/h2-3,5,7H,4,6,8H2,1H3.